The average molecular weight is 248 g/mol. The molecule has 1 aliphatic rings. The van der Waals surface area contributed by atoms with Crippen molar-refractivity contribution in [2.75, 3.05) is 13.1 Å². The van der Waals surface area contributed by atoms with Gasteiger partial charge in [-0.25, -0.2) is 0 Å². The summed E-state index contributed by atoms with van der Waals surface area (Å²) in [7, 11) is 0. The van der Waals surface area contributed by atoms with Crippen LogP contribution in [0.1, 0.15) is 42.6 Å². The highest BCUT2D eigenvalue weighted by molar-refractivity contribution is 5.95. The maximum Gasteiger partial charge on any atom is 0.248 e. The molecule has 18 heavy (non-hydrogen) atoms. The van der Waals surface area contributed by atoms with Gasteiger partial charge in [-0.2, -0.15) is 0 Å². The second kappa shape index (κ2) is 6.50. The molecule has 1 unspecified atom stereocenters. The largest absolute Gasteiger partial charge is 0.319 e. The number of Topliss-reactive ketones (excluding diaryl/α,β-unsaturated/α-hetero) is 1. The van der Waals surface area contributed by atoms with E-state index in [1.807, 2.05) is 0 Å². The van der Waals surface area contributed by atoms with E-state index < -0.39 is 0 Å². The lowest BCUT2D eigenvalue weighted by Gasteiger charge is -2.14. The molecule has 0 spiro atoms. The number of pyridine rings is 1. The minimum Gasteiger partial charge on any atom is -0.319 e. The van der Waals surface area contributed by atoms with E-state index >= 15 is 0 Å². The summed E-state index contributed by atoms with van der Waals surface area (Å²) in [6, 6.07) is 4.78. The van der Waals surface area contributed by atoms with Crippen molar-refractivity contribution in [1.82, 2.24) is 10.3 Å². The number of hydrogen-bond donors (Lipinski definition) is 2. The molecular formula is C14H20N2O2. The molecule has 2 N–H and O–H groups in total. The zero-order valence-electron chi connectivity index (χ0n) is 10.6. The highest BCUT2D eigenvalue weighted by Gasteiger charge is 2.20. The van der Waals surface area contributed by atoms with Crippen molar-refractivity contribution in [3.63, 3.8) is 0 Å². The lowest BCUT2D eigenvalue weighted by Crippen LogP contribution is -2.20. The van der Waals surface area contributed by atoms with Crippen LogP contribution in [-0.2, 0) is 0 Å². The Morgan fingerprint density at radius 1 is 1.11 bits per heavy atom. The summed E-state index contributed by atoms with van der Waals surface area (Å²) >= 11 is 0. The Kier molecular flexibility index (Phi) is 4.70. The monoisotopic (exact) mass is 248 g/mol. The Labute approximate surface area is 107 Å². The standard InChI is InChI=1S/C14H20N2O2/c17-13-8-3-7-12(16-13)14(18)11-5-1-2-9-15-10-4-6-11/h3,7-8,11,15H,1-2,4-6,9-10H2,(H,16,17). The predicted octanol–water partition coefficient (Wildman–Crippen LogP) is 1.73. The third-order valence-electron chi connectivity index (χ3n) is 3.47. The second-order valence-electron chi connectivity index (χ2n) is 4.88. The second-order valence-corrected chi connectivity index (χ2v) is 4.88. The summed E-state index contributed by atoms with van der Waals surface area (Å²) in [5, 5.41) is 3.37. The molecular weight excluding hydrogens is 228 g/mol. The number of nitrogens with one attached hydrogen (secondary N) is 2. The van der Waals surface area contributed by atoms with Crippen molar-refractivity contribution < 1.29 is 4.79 Å². The fourth-order valence-electron chi connectivity index (χ4n) is 2.46. The molecule has 4 nitrogen and oxygen atoms in total. The van der Waals surface area contributed by atoms with Gasteiger partial charge in [0.15, 0.2) is 5.78 Å². The summed E-state index contributed by atoms with van der Waals surface area (Å²) in [4.78, 5) is 26.2. The van der Waals surface area contributed by atoms with Gasteiger partial charge in [0.25, 0.3) is 0 Å². The van der Waals surface area contributed by atoms with Crippen LogP contribution in [0.5, 0.6) is 0 Å². The zero-order chi connectivity index (χ0) is 12.8. The van der Waals surface area contributed by atoms with E-state index in [1.54, 1.807) is 12.1 Å². The minimum absolute atomic E-state index is 0.0583. The topological polar surface area (TPSA) is 62.0 Å². The first-order valence-electron chi connectivity index (χ1n) is 6.71. The number of aromatic nitrogens is 1. The summed E-state index contributed by atoms with van der Waals surface area (Å²) in [5.41, 5.74) is 0.255. The Morgan fingerprint density at radius 2 is 1.89 bits per heavy atom. The number of carbonyl (C=O) groups is 1. The molecule has 1 aromatic rings. The molecule has 1 fully saturated rings. The van der Waals surface area contributed by atoms with Crippen molar-refractivity contribution in [2.24, 2.45) is 5.92 Å². The zero-order valence-corrected chi connectivity index (χ0v) is 10.6. The molecule has 2 rings (SSSR count). The molecule has 0 bridgehead atoms. The number of rotatable bonds is 2. The van der Waals surface area contributed by atoms with Crippen molar-refractivity contribution in [3.05, 3.63) is 34.2 Å². The summed E-state index contributed by atoms with van der Waals surface area (Å²) in [6.07, 6.45) is 5.04. The lowest BCUT2D eigenvalue weighted by molar-refractivity contribution is 0.0898. The highest BCUT2D eigenvalue weighted by Crippen LogP contribution is 2.20. The quantitative estimate of drug-likeness (QED) is 0.783. The molecule has 1 atom stereocenters. The van der Waals surface area contributed by atoms with Gasteiger partial charge in [0.1, 0.15) is 0 Å². The minimum atomic E-state index is -0.203. The summed E-state index contributed by atoms with van der Waals surface area (Å²) in [6.45, 7) is 2.03. The molecule has 1 aliphatic heterocycles. The summed E-state index contributed by atoms with van der Waals surface area (Å²) < 4.78 is 0. The van der Waals surface area contributed by atoms with Gasteiger partial charge >= 0.3 is 0 Å². The average Bonchev–Trinajstić information content (AvgIpc) is 2.51. The van der Waals surface area contributed by atoms with E-state index in [4.69, 9.17) is 0 Å². The molecule has 0 radical (unpaired) electrons. The molecule has 98 valence electrons. The molecule has 0 aromatic carbocycles. The normalized spacial score (nSPS) is 21.7. The smallest absolute Gasteiger partial charge is 0.248 e. The van der Waals surface area contributed by atoms with E-state index in [9.17, 15) is 9.59 Å². The van der Waals surface area contributed by atoms with Gasteiger partial charge in [-0.05, 0) is 44.8 Å². The first-order chi connectivity index (χ1) is 8.77. The molecule has 2 heterocycles. The third kappa shape index (κ3) is 3.53. The van der Waals surface area contributed by atoms with E-state index in [2.05, 4.69) is 10.3 Å². The number of carbonyl (C=O) groups excluding carboxylic acids is 1. The van der Waals surface area contributed by atoms with Gasteiger partial charge < -0.3 is 10.3 Å². The Morgan fingerprint density at radius 3 is 2.72 bits per heavy atom. The van der Waals surface area contributed by atoms with Crippen LogP contribution in [0.25, 0.3) is 0 Å². The lowest BCUT2D eigenvalue weighted by atomic mass is 9.91. The molecule has 0 aliphatic carbocycles. The molecule has 0 saturated carbocycles. The van der Waals surface area contributed by atoms with E-state index in [1.165, 1.54) is 6.07 Å². The third-order valence-corrected chi connectivity index (χ3v) is 3.47. The number of H-pyrrole nitrogens is 1. The van der Waals surface area contributed by atoms with Crippen molar-refractivity contribution in [1.29, 1.82) is 0 Å². The van der Waals surface area contributed by atoms with Crippen LogP contribution in [0, 0.1) is 5.92 Å². The van der Waals surface area contributed by atoms with E-state index in [-0.39, 0.29) is 17.3 Å². The first-order valence-corrected chi connectivity index (χ1v) is 6.71. The summed E-state index contributed by atoms with van der Waals surface area (Å²) in [5.74, 6) is 0.151. The van der Waals surface area contributed by atoms with Crippen LogP contribution in [0.4, 0.5) is 0 Å². The fraction of sp³-hybridized carbons (Fsp3) is 0.571. The van der Waals surface area contributed by atoms with Crippen LogP contribution in [-0.4, -0.2) is 23.9 Å². The number of aromatic amines is 1. The molecule has 0 amide bonds. The van der Waals surface area contributed by atoms with Crippen LogP contribution < -0.4 is 10.9 Å². The molecule has 1 aromatic heterocycles. The van der Waals surface area contributed by atoms with Gasteiger partial charge in [-0.1, -0.05) is 12.5 Å². The van der Waals surface area contributed by atoms with Gasteiger partial charge in [-0.3, -0.25) is 9.59 Å². The maximum atomic E-state index is 12.3. The van der Waals surface area contributed by atoms with E-state index in [0.29, 0.717) is 5.69 Å². The highest BCUT2D eigenvalue weighted by atomic mass is 16.1. The van der Waals surface area contributed by atoms with Crippen molar-refractivity contribution in [2.45, 2.75) is 32.1 Å². The number of hydrogen-bond acceptors (Lipinski definition) is 3. The van der Waals surface area contributed by atoms with Gasteiger partial charge in [-0.15, -0.1) is 0 Å². The Balaban J connectivity index is 2.08. The van der Waals surface area contributed by atoms with Crippen LogP contribution in [0.2, 0.25) is 0 Å². The van der Waals surface area contributed by atoms with Gasteiger partial charge in [0.05, 0.1) is 5.69 Å². The Hall–Kier alpha value is -1.42. The van der Waals surface area contributed by atoms with Crippen molar-refractivity contribution in [3.8, 4) is 0 Å². The van der Waals surface area contributed by atoms with Gasteiger partial charge in [0, 0.05) is 12.0 Å². The number of ketones is 1. The maximum absolute atomic E-state index is 12.3. The fourth-order valence-corrected chi connectivity index (χ4v) is 2.46. The van der Waals surface area contributed by atoms with Gasteiger partial charge in [0.2, 0.25) is 5.56 Å². The molecule has 4 heteroatoms. The van der Waals surface area contributed by atoms with Crippen molar-refractivity contribution >= 4 is 5.78 Å². The predicted molar refractivity (Wildman–Crippen MR) is 70.8 cm³/mol. The van der Waals surface area contributed by atoms with Crippen LogP contribution in [0.3, 0.4) is 0 Å². The Bertz CT molecular complexity index is 443. The SMILES string of the molecule is O=C(c1cccc(=O)[nH]1)C1CCCCNCCC1. The van der Waals surface area contributed by atoms with Crippen LogP contribution in [0.15, 0.2) is 23.0 Å². The van der Waals surface area contributed by atoms with E-state index in [0.717, 1.165) is 45.2 Å². The molecule has 1 saturated heterocycles. The van der Waals surface area contributed by atoms with Crippen LogP contribution >= 0.6 is 0 Å². The first kappa shape index (κ1) is 13.0.